The van der Waals surface area contributed by atoms with E-state index >= 15 is 0 Å². The molecule has 0 fully saturated rings. The summed E-state index contributed by atoms with van der Waals surface area (Å²) in [5.41, 5.74) is -0.773. The molecule has 8 nitrogen and oxygen atoms in total. The number of benzene rings is 3. The number of hydrogen-bond donors (Lipinski definition) is 1. The first-order valence-electron chi connectivity index (χ1n) is 12.9. The predicted molar refractivity (Wildman–Crippen MR) is 149 cm³/mol. The molecule has 220 valence electrons. The lowest BCUT2D eigenvalue weighted by molar-refractivity contribution is -0.140. The standard InChI is InChI=1S/C29H32F3N3O5S/c1-4-26(28(37)33-5-2)34(19-21-14-16-24(40-3)17-15-21)27(36)20-35(41(38,39)25-12-7-6-8-13-25)23-11-9-10-22(18-23)29(30,31)32/h6-18,26H,4-5,19-20H2,1-3H3,(H,33,37). The van der Waals surface area contributed by atoms with E-state index in [0.717, 1.165) is 12.1 Å². The van der Waals surface area contributed by atoms with E-state index in [1.54, 1.807) is 44.2 Å². The number of methoxy groups -OCH3 is 1. The highest BCUT2D eigenvalue weighted by atomic mass is 32.2. The summed E-state index contributed by atoms with van der Waals surface area (Å²) in [4.78, 5) is 27.9. The second-order valence-corrected chi connectivity index (χ2v) is 10.9. The fourth-order valence-electron chi connectivity index (χ4n) is 4.22. The van der Waals surface area contributed by atoms with Crippen LogP contribution in [0.25, 0.3) is 0 Å². The summed E-state index contributed by atoms with van der Waals surface area (Å²) in [6, 6.07) is 16.7. The normalized spacial score (nSPS) is 12.3. The summed E-state index contributed by atoms with van der Waals surface area (Å²) in [5.74, 6) is -0.628. The van der Waals surface area contributed by atoms with Crippen molar-refractivity contribution in [3.63, 3.8) is 0 Å². The van der Waals surface area contributed by atoms with Crippen molar-refractivity contribution in [1.82, 2.24) is 10.2 Å². The van der Waals surface area contributed by atoms with Crippen molar-refractivity contribution in [3.05, 3.63) is 90.0 Å². The van der Waals surface area contributed by atoms with Gasteiger partial charge in [0.1, 0.15) is 18.3 Å². The zero-order valence-electron chi connectivity index (χ0n) is 22.9. The summed E-state index contributed by atoms with van der Waals surface area (Å²) in [7, 11) is -2.99. The molecule has 12 heteroatoms. The van der Waals surface area contributed by atoms with Crippen molar-refractivity contribution < 1.29 is 35.9 Å². The number of nitrogens with zero attached hydrogens (tertiary/aromatic N) is 2. The monoisotopic (exact) mass is 591 g/mol. The second-order valence-electron chi connectivity index (χ2n) is 9.06. The third kappa shape index (κ3) is 7.78. The van der Waals surface area contributed by atoms with Crippen molar-refractivity contribution in [1.29, 1.82) is 0 Å². The second kappa shape index (κ2) is 13.5. The summed E-state index contributed by atoms with van der Waals surface area (Å²) >= 11 is 0. The molecule has 0 saturated heterocycles. The average Bonchev–Trinajstić information content (AvgIpc) is 2.96. The molecule has 0 radical (unpaired) electrons. The molecule has 1 N–H and O–H groups in total. The molecular formula is C29H32F3N3O5S. The van der Waals surface area contributed by atoms with Gasteiger partial charge in [0, 0.05) is 13.1 Å². The Bertz CT molecular complexity index is 1430. The minimum absolute atomic E-state index is 0.0553. The molecule has 0 aliphatic rings. The van der Waals surface area contributed by atoms with Gasteiger partial charge in [-0.1, -0.05) is 43.3 Å². The molecule has 1 unspecified atom stereocenters. The van der Waals surface area contributed by atoms with Gasteiger partial charge in [0.2, 0.25) is 11.8 Å². The van der Waals surface area contributed by atoms with Crippen LogP contribution in [0.5, 0.6) is 5.75 Å². The molecule has 3 aromatic carbocycles. The number of rotatable bonds is 12. The summed E-state index contributed by atoms with van der Waals surface area (Å²) < 4.78 is 74.0. The zero-order chi connectivity index (χ0) is 30.2. The van der Waals surface area contributed by atoms with Crippen LogP contribution in [0.4, 0.5) is 18.9 Å². The lowest BCUT2D eigenvalue weighted by Crippen LogP contribution is -2.52. The SMILES string of the molecule is CCNC(=O)C(CC)N(Cc1ccc(OC)cc1)C(=O)CN(c1cccc(C(F)(F)F)c1)S(=O)(=O)c1ccccc1. The van der Waals surface area contributed by atoms with Crippen LogP contribution in [-0.4, -0.2) is 51.4 Å². The first kappa shape index (κ1) is 31.5. The van der Waals surface area contributed by atoms with Gasteiger partial charge in [-0.2, -0.15) is 13.2 Å². The molecule has 0 aliphatic carbocycles. The quantitative estimate of drug-likeness (QED) is 0.325. The van der Waals surface area contributed by atoms with Crippen LogP contribution in [0.15, 0.2) is 83.8 Å². The van der Waals surface area contributed by atoms with E-state index in [1.807, 2.05) is 0 Å². The molecule has 0 bridgehead atoms. The van der Waals surface area contributed by atoms with Crippen molar-refractivity contribution in [3.8, 4) is 5.75 Å². The number of nitrogens with one attached hydrogen (secondary N) is 1. The first-order valence-corrected chi connectivity index (χ1v) is 14.3. The molecule has 0 aliphatic heterocycles. The highest BCUT2D eigenvalue weighted by Gasteiger charge is 2.35. The Balaban J connectivity index is 2.09. The summed E-state index contributed by atoms with van der Waals surface area (Å²) in [5, 5.41) is 2.69. The molecule has 41 heavy (non-hydrogen) atoms. The predicted octanol–water partition coefficient (Wildman–Crippen LogP) is 4.85. The van der Waals surface area contributed by atoms with Crippen LogP contribution in [0.2, 0.25) is 0 Å². The van der Waals surface area contributed by atoms with Crippen LogP contribution >= 0.6 is 0 Å². The minimum Gasteiger partial charge on any atom is -0.497 e. The third-order valence-corrected chi connectivity index (χ3v) is 8.11. The van der Waals surface area contributed by atoms with E-state index in [9.17, 15) is 31.2 Å². The number of carbonyl (C=O) groups excluding carboxylic acids is 2. The van der Waals surface area contributed by atoms with Crippen molar-refractivity contribution in [2.75, 3.05) is 24.5 Å². The molecule has 0 saturated carbocycles. The highest BCUT2D eigenvalue weighted by molar-refractivity contribution is 7.92. The Morgan fingerprint density at radius 1 is 0.951 bits per heavy atom. The molecule has 0 aromatic heterocycles. The van der Waals surface area contributed by atoms with E-state index in [1.165, 1.54) is 42.3 Å². The number of anilines is 1. The highest BCUT2D eigenvalue weighted by Crippen LogP contribution is 2.33. The van der Waals surface area contributed by atoms with E-state index < -0.39 is 46.2 Å². The Kier molecular flexibility index (Phi) is 10.4. The number of alkyl halides is 3. The van der Waals surface area contributed by atoms with Gasteiger partial charge in [-0.05, 0) is 61.4 Å². The molecule has 3 rings (SSSR count). The van der Waals surface area contributed by atoms with Crippen LogP contribution in [0.1, 0.15) is 31.4 Å². The van der Waals surface area contributed by atoms with Gasteiger partial charge in [0.25, 0.3) is 10.0 Å². The van der Waals surface area contributed by atoms with Crippen LogP contribution < -0.4 is 14.4 Å². The smallest absolute Gasteiger partial charge is 0.416 e. The van der Waals surface area contributed by atoms with Gasteiger partial charge in [-0.15, -0.1) is 0 Å². The van der Waals surface area contributed by atoms with Gasteiger partial charge in [-0.3, -0.25) is 13.9 Å². The topological polar surface area (TPSA) is 96.0 Å². The Labute approximate surface area is 237 Å². The third-order valence-electron chi connectivity index (χ3n) is 6.32. The molecule has 0 spiro atoms. The number of sulfonamides is 1. The van der Waals surface area contributed by atoms with Crippen LogP contribution in [0, 0.1) is 0 Å². The van der Waals surface area contributed by atoms with Gasteiger partial charge >= 0.3 is 6.18 Å². The molecular weight excluding hydrogens is 559 g/mol. The van der Waals surface area contributed by atoms with Crippen LogP contribution in [-0.2, 0) is 32.3 Å². The summed E-state index contributed by atoms with van der Waals surface area (Å²) in [6.45, 7) is 2.84. The van der Waals surface area contributed by atoms with Gasteiger partial charge in [0.05, 0.1) is 23.3 Å². The number of likely N-dealkylation sites (N-methyl/N-ethyl adjacent to an activating group) is 1. The van der Waals surface area contributed by atoms with E-state index in [0.29, 0.717) is 28.2 Å². The number of ether oxygens (including phenoxy) is 1. The van der Waals surface area contributed by atoms with Crippen molar-refractivity contribution in [2.24, 2.45) is 0 Å². The summed E-state index contributed by atoms with van der Waals surface area (Å²) in [6.07, 6.45) is -4.53. The van der Waals surface area contributed by atoms with Crippen molar-refractivity contribution >= 4 is 27.5 Å². The fraction of sp³-hybridized carbons (Fsp3) is 0.310. The Morgan fingerprint density at radius 3 is 2.17 bits per heavy atom. The van der Waals surface area contributed by atoms with Crippen LogP contribution in [0.3, 0.4) is 0 Å². The first-order chi connectivity index (χ1) is 19.4. The molecule has 3 aromatic rings. The lowest BCUT2D eigenvalue weighted by Gasteiger charge is -2.33. The van der Waals surface area contributed by atoms with Gasteiger partial charge in [-0.25, -0.2) is 8.42 Å². The average molecular weight is 592 g/mol. The number of hydrogen-bond acceptors (Lipinski definition) is 5. The van der Waals surface area contributed by atoms with E-state index in [4.69, 9.17) is 4.74 Å². The minimum atomic E-state index is -4.74. The fourth-order valence-corrected chi connectivity index (χ4v) is 5.65. The lowest BCUT2D eigenvalue weighted by atomic mass is 10.1. The number of amides is 2. The Hall–Kier alpha value is -4.06. The molecule has 0 heterocycles. The number of carbonyl (C=O) groups is 2. The Morgan fingerprint density at radius 2 is 1.61 bits per heavy atom. The van der Waals surface area contributed by atoms with Gasteiger partial charge in [0.15, 0.2) is 0 Å². The zero-order valence-corrected chi connectivity index (χ0v) is 23.7. The van der Waals surface area contributed by atoms with E-state index in [-0.39, 0.29) is 23.5 Å². The molecule has 2 amide bonds. The number of halogens is 3. The maximum atomic E-state index is 13.9. The maximum absolute atomic E-state index is 13.9. The molecule has 1 atom stereocenters. The van der Waals surface area contributed by atoms with E-state index in [2.05, 4.69) is 5.32 Å². The largest absolute Gasteiger partial charge is 0.497 e. The van der Waals surface area contributed by atoms with Crippen molar-refractivity contribution in [2.45, 2.75) is 43.9 Å². The maximum Gasteiger partial charge on any atom is 0.416 e. The van der Waals surface area contributed by atoms with Gasteiger partial charge < -0.3 is 15.0 Å².